The lowest BCUT2D eigenvalue weighted by molar-refractivity contribution is 0.577. The van der Waals surface area contributed by atoms with Gasteiger partial charge >= 0.3 is 0 Å². The van der Waals surface area contributed by atoms with Crippen LogP contribution in [-0.4, -0.2) is 27.7 Å². The van der Waals surface area contributed by atoms with Crippen LogP contribution in [0.4, 0.5) is 0 Å². The number of aliphatic imine (C=N–C) groups is 1. The molecule has 0 aliphatic carbocycles. The van der Waals surface area contributed by atoms with E-state index in [0.29, 0.717) is 46.5 Å². The van der Waals surface area contributed by atoms with E-state index in [0.717, 1.165) is 12.1 Å². The van der Waals surface area contributed by atoms with Crippen LogP contribution in [0, 0.1) is 0 Å². The molecule has 10 heteroatoms. The Hall–Kier alpha value is -1.78. The fourth-order valence-electron chi connectivity index (χ4n) is 2.21. The molecule has 0 bridgehead atoms. The number of benzene rings is 1. The van der Waals surface area contributed by atoms with Gasteiger partial charge in [0.25, 0.3) is 0 Å². The number of nitrogens with one attached hydrogen (secondary N) is 3. The van der Waals surface area contributed by atoms with Crippen molar-refractivity contribution in [3.63, 3.8) is 0 Å². The minimum absolute atomic E-state index is 0. The first-order chi connectivity index (χ1) is 12.7. The van der Waals surface area contributed by atoms with E-state index in [2.05, 4.69) is 30.8 Å². The zero-order valence-corrected chi connectivity index (χ0v) is 18.3. The molecule has 2 heterocycles. The van der Waals surface area contributed by atoms with Crippen LogP contribution in [0.3, 0.4) is 0 Å². The average Bonchev–Trinajstić information content (AvgIpc) is 3.30. The summed E-state index contributed by atoms with van der Waals surface area (Å²) in [5, 5.41) is 14.6. The molecule has 0 aliphatic heterocycles. The molecular weight excluding hydrogens is 502 g/mol. The van der Waals surface area contributed by atoms with Gasteiger partial charge in [0, 0.05) is 16.6 Å². The lowest BCUT2D eigenvalue weighted by atomic mass is 10.2. The Morgan fingerprint density at radius 1 is 1.26 bits per heavy atom. The summed E-state index contributed by atoms with van der Waals surface area (Å²) in [5.41, 5.74) is 0.896. The van der Waals surface area contributed by atoms with E-state index in [4.69, 9.17) is 27.6 Å². The molecule has 144 valence electrons. The first-order valence-corrected chi connectivity index (χ1v) is 8.82. The quantitative estimate of drug-likeness (QED) is 0.257. The second kappa shape index (κ2) is 10.5. The van der Waals surface area contributed by atoms with Gasteiger partial charge in [0.1, 0.15) is 5.82 Å². The fourth-order valence-corrected chi connectivity index (χ4v) is 2.68. The van der Waals surface area contributed by atoms with Crippen LogP contribution in [0.15, 0.2) is 46.0 Å². The number of hydrogen-bond donors (Lipinski definition) is 3. The second-order valence-corrected chi connectivity index (χ2v) is 6.21. The number of aromatic nitrogens is 3. The molecule has 0 aliphatic rings. The molecule has 7 nitrogen and oxygen atoms in total. The number of nitrogens with zero attached hydrogens (tertiary/aromatic N) is 3. The Morgan fingerprint density at radius 2 is 2.11 bits per heavy atom. The van der Waals surface area contributed by atoms with Gasteiger partial charge in [-0.2, -0.15) is 0 Å². The Kier molecular flexibility index (Phi) is 8.39. The highest BCUT2D eigenvalue weighted by Crippen LogP contribution is 2.21. The number of aromatic amines is 1. The number of halogens is 3. The van der Waals surface area contributed by atoms with Gasteiger partial charge in [-0.25, -0.2) is 9.98 Å². The first-order valence-electron chi connectivity index (χ1n) is 8.07. The molecule has 1 aromatic carbocycles. The molecule has 2 aromatic heterocycles. The molecule has 3 rings (SSSR count). The van der Waals surface area contributed by atoms with E-state index >= 15 is 0 Å². The number of furan rings is 1. The Morgan fingerprint density at radius 3 is 2.81 bits per heavy atom. The van der Waals surface area contributed by atoms with Crippen molar-refractivity contribution in [1.29, 1.82) is 0 Å². The van der Waals surface area contributed by atoms with Crippen molar-refractivity contribution in [1.82, 2.24) is 25.8 Å². The van der Waals surface area contributed by atoms with E-state index in [1.165, 1.54) is 0 Å². The van der Waals surface area contributed by atoms with E-state index in [1.807, 2.05) is 19.1 Å². The lowest BCUT2D eigenvalue weighted by Gasteiger charge is -2.10. The maximum atomic E-state index is 6.19. The molecular formula is C17H19Cl2IN6O. The molecule has 27 heavy (non-hydrogen) atoms. The second-order valence-electron chi connectivity index (χ2n) is 5.37. The highest BCUT2D eigenvalue weighted by molar-refractivity contribution is 14.0. The minimum atomic E-state index is 0. The van der Waals surface area contributed by atoms with Crippen molar-refractivity contribution in [3.8, 4) is 11.6 Å². The smallest absolute Gasteiger partial charge is 0.216 e. The van der Waals surface area contributed by atoms with Gasteiger partial charge in [-0.3, -0.25) is 5.10 Å². The topological polar surface area (TPSA) is 91.1 Å². The predicted octanol–water partition coefficient (Wildman–Crippen LogP) is 4.24. The third-order valence-electron chi connectivity index (χ3n) is 3.46. The van der Waals surface area contributed by atoms with Crippen molar-refractivity contribution in [2.24, 2.45) is 4.99 Å². The number of rotatable bonds is 6. The SMILES string of the molecule is CCNC(=NCc1ccc(Cl)cc1Cl)NCc1nc(-c2ccco2)n[nH]1.I. The Labute approximate surface area is 184 Å². The summed E-state index contributed by atoms with van der Waals surface area (Å²) in [5.74, 6) is 2.45. The summed E-state index contributed by atoms with van der Waals surface area (Å²) in [4.78, 5) is 8.92. The average molecular weight is 521 g/mol. The van der Waals surface area contributed by atoms with Crippen LogP contribution < -0.4 is 10.6 Å². The summed E-state index contributed by atoms with van der Waals surface area (Å²) in [6.45, 7) is 3.59. The largest absolute Gasteiger partial charge is 0.461 e. The van der Waals surface area contributed by atoms with Gasteiger partial charge in [-0.15, -0.1) is 29.1 Å². The molecule has 0 saturated carbocycles. The van der Waals surface area contributed by atoms with E-state index in [-0.39, 0.29) is 24.0 Å². The highest BCUT2D eigenvalue weighted by atomic mass is 127. The van der Waals surface area contributed by atoms with Gasteiger partial charge in [-0.05, 0) is 36.8 Å². The first kappa shape index (κ1) is 21.5. The summed E-state index contributed by atoms with van der Waals surface area (Å²) >= 11 is 12.1. The van der Waals surface area contributed by atoms with Crippen molar-refractivity contribution in [2.75, 3.05) is 6.54 Å². The molecule has 0 fully saturated rings. The molecule has 0 saturated heterocycles. The molecule has 3 N–H and O–H groups in total. The molecule has 0 amide bonds. The zero-order valence-electron chi connectivity index (χ0n) is 14.5. The maximum Gasteiger partial charge on any atom is 0.216 e. The fraction of sp³-hybridized carbons (Fsp3) is 0.235. The van der Waals surface area contributed by atoms with E-state index < -0.39 is 0 Å². The predicted molar refractivity (Wildman–Crippen MR) is 118 cm³/mol. The van der Waals surface area contributed by atoms with Gasteiger partial charge < -0.3 is 15.1 Å². The van der Waals surface area contributed by atoms with E-state index in [1.54, 1.807) is 24.5 Å². The van der Waals surface area contributed by atoms with Crippen LogP contribution in [-0.2, 0) is 13.1 Å². The zero-order chi connectivity index (χ0) is 18.4. The molecule has 0 radical (unpaired) electrons. The normalized spacial score (nSPS) is 11.1. The van der Waals surface area contributed by atoms with Crippen molar-refractivity contribution in [2.45, 2.75) is 20.0 Å². The number of hydrogen-bond acceptors (Lipinski definition) is 4. The minimum Gasteiger partial charge on any atom is -0.461 e. The van der Waals surface area contributed by atoms with Crippen molar-refractivity contribution >= 4 is 53.1 Å². The van der Waals surface area contributed by atoms with Crippen LogP contribution in [0.1, 0.15) is 18.3 Å². The maximum absolute atomic E-state index is 6.19. The number of guanidine groups is 1. The van der Waals surface area contributed by atoms with Crippen LogP contribution in [0.2, 0.25) is 10.0 Å². The third-order valence-corrected chi connectivity index (χ3v) is 4.05. The summed E-state index contributed by atoms with van der Waals surface area (Å²) in [7, 11) is 0. The van der Waals surface area contributed by atoms with Gasteiger partial charge in [-0.1, -0.05) is 29.3 Å². The van der Waals surface area contributed by atoms with Crippen LogP contribution in [0.5, 0.6) is 0 Å². The van der Waals surface area contributed by atoms with Crippen LogP contribution >= 0.6 is 47.2 Å². The van der Waals surface area contributed by atoms with Gasteiger partial charge in [0.2, 0.25) is 5.82 Å². The number of H-pyrrole nitrogens is 1. The van der Waals surface area contributed by atoms with Crippen molar-refractivity contribution in [3.05, 3.63) is 58.0 Å². The van der Waals surface area contributed by atoms with Crippen LogP contribution in [0.25, 0.3) is 11.6 Å². The molecule has 0 unspecified atom stereocenters. The molecule has 3 aromatic rings. The molecule has 0 atom stereocenters. The Balaban J connectivity index is 0.00000261. The summed E-state index contributed by atoms with van der Waals surface area (Å²) in [6, 6.07) is 8.97. The summed E-state index contributed by atoms with van der Waals surface area (Å²) in [6.07, 6.45) is 1.58. The summed E-state index contributed by atoms with van der Waals surface area (Å²) < 4.78 is 5.28. The highest BCUT2D eigenvalue weighted by Gasteiger charge is 2.09. The standard InChI is InChI=1S/C17H18Cl2N6O.HI/c1-2-20-17(21-9-11-5-6-12(18)8-13(11)19)22-10-15-23-16(25-24-15)14-4-3-7-26-14;/h3-8H,2,9-10H2,1H3,(H2,20,21,22)(H,23,24,25);1H. The third kappa shape index (κ3) is 6.12. The monoisotopic (exact) mass is 520 g/mol. The Bertz CT molecular complexity index is 881. The van der Waals surface area contributed by atoms with Gasteiger partial charge in [0.05, 0.1) is 19.4 Å². The molecule has 0 spiro atoms. The van der Waals surface area contributed by atoms with Gasteiger partial charge in [0.15, 0.2) is 11.7 Å². The van der Waals surface area contributed by atoms with E-state index in [9.17, 15) is 0 Å². The lowest BCUT2D eigenvalue weighted by Crippen LogP contribution is -2.37. The van der Waals surface area contributed by atoms with Crippen molar-refractivity contribution < 1.29 is 4.42 Å².